The second kappa shape index (κ2) is 3.32. The summed E-state index contributed by atoms with van der Waals surface area (Å²) in [7, 11) is 1.60. The zero-order chi connectivity index (χ0) is 10.1. The van der Waals surface area contributed by atoms with Crippen LogP contribution in [0, 0.1) is 6.92 Å². The van der Waals surface area contributed by atoms with Crippen molar-refractivity contribution in [3.05, 3.63) is 11.3 Å². The van der Waals surface area contributed by atoms with Gasteiger partial charge in [0, 0.05) is 25.6 Å². The molecule has 76 valence electrons. The second-order valence-electron chi connectivity index (χ2n) is 3.28. The second-order valence-corrected chi connectivity index (χ2v) is 3.28. The van der Waals surface area contributed by atoms with Crippen LogP contribution in [0.25, 0.3) is 0 Å². The van der Waals surface area contributed by atoms with E-state index in [1.165, 1.54) is 0 Å². The zero-order valence-electron chi connectivity index (χ0n) is 8.33. The molecule has 1 amide bonds. The highest BCUT2D eigenvalue weighted by Gasteiger charge is 2.22. The van der Waals surface area contributed by atoms with Gasteiger partial charge in [-0.3, -0.25) is 4.79 Å². The number of fused-ring (bicyclic) bond motifs is 1. The maximum Gasteiger partial charge on any atom is 0.271 e. The van der Waals surface area contributed by atoms with Crippen LogP contribution < -0.4 is 10.1 Å². The lowest BCUT2D eigenvalue weighted by molar-refractivity contribution is 0.0956. The van der Waals surface area contributed by atoms with Crippen molar-refractivity contribution in [1.29, 1.82) is 0 Å². The summed E-state index contributed by atoms with van der Waals surface area (Å²) in [5.41, 5.74) is 1.29. The van der Waals surface area contributed by atoms with Gasteiger partial charge in [-0.25, -0.2) is 4.68 Å². The van der Waals surface area contributed by atoms with Crippen molar-refractivity contribution in [1.82, 2.24) is 15.1 Å². The van der Waals surface area contributed by atoms with E-state index in [-0.39, 0.29) is 5.91 Å². The first-order valence-corrected chi connectivity index (χ1v) is 4.66. The van der Waals surface area contributed by atoms with Crippen molar-refractivity contribution in [3.8, 4) is 5.88 Å². The normalized spacial score (nSPS) is 14.4. The fourth-order valence-corrected chi connectivity index (χ4v) is 1.59. The summed E-state index contributed by atoms with van der Waals surface area (Å²) >= 11 is 0. The van der Waals surface area contributed by atoms with E-state index in [1.54, 1.807) is 11.7 Å². The Labute approximate surface area is 82.0 Å². The first-order chi connectivity index (χ1) is 6.74. The number of hydrogen-bond acceptors (Lipinski definition) is 3. The van der Waals surface area contributed by atoms with Gasteiger partial charge < -0.3 is 10.1 Å². The summed E-state index contributed by atoms with van der Waals surface area (Å²) in [6.45, 7) is 3.39. The maximum atomic E-state index is 11.4. The molecule has 5 nitrogen and oxygen atoms in total. The SMILES string of the molecule is CNC(=O)c1nn2c(c1C)OCCC2. The lowest BCUT2D eigenvalue weighted by atomic mass is 10.2. The molecule has 0 atom stereocenters. The Morgan fingerprint density at radius 2 is 2.43 bits per heavy atom. The minimum absolute atomic E-state index is 0.159. The molecule has 1 aromatic heterocycles. The molecule has 0 aliphatic carbocycles. The van der Waals surface area contributed by atoms with Gasteiger partial charge in [0.15, 0.2) is 5.69 Å². The minimum atomic E-state index is -0.159. The molecule has 0 bridgehead atoms. The van der Waals surface area contributed by atoms with Crippen LogP contribution in [0.15, 0.2) is 0 Å². The molecule has 0 radical (unpaired) electrons. The Balaban J connectivity index is 2.43. The van der Waals surface area contributed by atoms with Crippen LogP contribution >= 0.6 is 0 Å². The molecule has 1 aromatic rings. The fourth-order valence-electron chi connectivity index (χ4n) is 1.59. The smallest absolute Gasteiger partial charge is 0.271 e. The average Bonchev–Trinajstić information content (AvgIpc) is 2.56. The number of carbonyl (C=O) groups excluding carboxylic acids is 1. The molecule has 2 rings (SSSR count). The molecule has 5 heteroatoms. The number of ether oxygens (including phenoxy) is 1. The van der Waals surface area contributed by atoms with Gasteiger partial charge in [-0.2, -0.15) is 5.10 Å². The van der Waals surface area contributed by atoms with Crippen molar-refractivity contribution < 1.29 is 9.53 Å². The highest BCUT2D eigenvalue weighted by Crippen LogP contribution is 2.24. The van der Waals surface area contributed by atoms with Gasteiger partial charge in [0.2, 0.25) is 5.88 Å². The molecular formula is C9H13N3O2. The molecule has 0 aromatic carbocycles. The molecular weight excluding hydrogens is 182 g/mol. The van der Waals surface area contributed by atoms with Gasteiger partial charge in [-0.05, 0) is 6.92 Å². The maximum absolute atomic E-state index is 11.4. The van der Waals surface area contributed by atoms with Crippen molar-refractivity contribution in [2.75, 3.05) is 13.7 Å². The number of amides is 1. The molecule has 0 saturated carbocycles. The quantitative estimate of drug-likeness (QED) is 0.702. The number of carbonyl (C=O) groups is 1. The standard InChI is InChI=1S/C9H13N3O2/c1-6-7(8(13)10-2)11-12-4-3-5-14-9(6)12/h3-5H2,1-2H3,(H,10,13). The monoisotopic (exact) mass is 195 g/mol. The fraction of sp³-hybridized carbons (Fsp3) is 0.556. The van der Waals surface area contributed by atoms with Crippen LogP contribution in [0.1, 0.15) is 22.5 Å². The van der Waals surface area contributed by atoms with Gasteiger partial charge >= 0.3 is 0 Å². The third-order valence-corrected chi connectivity index (χ3v) is 2.33. The van der Waals surface area contributed by atoms with E-state index >= 15 is 0 Å². The lowest BCUT2D eigenvalue weighted by Crippen LogP contribution is -2.19. The Morgan fingerprint density at radius 3 is 3.07 bits per heavy atom. The first kappa shape index (κ1) is 9.05. The molecule has 0 saturated heterocycles. The highest BCUT2D eigenvalue weighted by molar-refractivity contribution is 5.93. The van der Waals surface area contributed by atoms with Crippen LogP contribution in [0.2, 0.25) is 0 Å². The Morgan fingerprint density at radius 1 is 1.64 bits per heavy atom. The number of hydrogen-bond donors (Lipinski definition) is 1. The van der Waals surface area contributed by atoms with Crippen LogP contribution in [0.3, 0.4) is 0 Å². The Kier molecular flexibility index (Phi) is 2.15. The Hall–Kier alpha value is -1.52. The van der Waals surface area contributed by atoms with Crippen LogP contribution in [0.5, 0.6) is 5.88 Å². The molecule has 14 heavy (non-hydrogen) atoms. The van der Waals surface area contributed by atoms with Crippen LogP contribution in [-0.2, 0) is 6.54 Å². The molecule has 0 spiro atoms. The number of rotatable bonds is 1. The topological polar surface area (TPSA) is 56.2 Å². The van der Waals surface area contributed by atoms with Gasteiger partial charge in [0.25, 0.3) is 5.91 Å². The number of nitrogens with one attached hydrogen (secondary N) is 1. The summed E-state index contributed by atoms with van der Waals surface area (Å²) in [5.74, 6) is 0.572. The Bertz CT molecular complexity index is 370. The number of aryl methyl sites for hydroxylation is 1. The van der Waals surface area contributed by atoms with E-state index in [0.29, 0.717) is 12.3 Å². The van der Waals surface area contributed by atoms with E-state index in [0.717, 1.165) is 24.4 Å². The van der Waals surface area contributed by atoms with E-state index in [1.807, 2.05) is 6.92 Å². The predicted octanol–water partition coefficient (Wildman–Crippen LogP) is 0.334. The zero-order valence-corrected chi connectivity index (χ0v) is 8.33. The molecule has 2 heterocycles. The van der Waals surface area contributed by atoms with Gasteiger partial charge in [0.1, 0.15) is 0 Å². The van der Waals surface area contributed by atoms with E-state index in [9.17, 15) is 4.79 Å². The van der Waals surface area contributed by atoms with Crippen molar-refractivity contribution in [3.63, 3.8) is 0 Å². The van der Waals surface area contributed by atoms with Crippen LogP contribution in [-0.4, -0.2) is 29.3 Å². The summed E-state index contributed by atoms with van der Waals surface area (Å²) in [4.78, 5) is 11.4. The largest absolute Gasteiger partial charge is 0.478 e. The van der Waals surface area contributed by atoms with E-state index in [4.69, 9.17) is 4.74 Å². The van der Waals surface area contributed by atoms with Crippen LogP contribution in [0.4, 0.5) is 0 Å². The third-order valence-electron chi connectivity index (χ3n) is 2.33. The third kappa shape index (κ3) is 1.25. The molecule has 0 unspecified atom stereocenters. The van der Waals surface area contributed by atoms with Gasteiger partial charge in [-0.15, -0.1) is 0 Å². The van der Waals surface area contributed by atoms with E-state index < -0.39 is 0 Å². The lowest BCUT2D eigenvalue weighted by Gasteiger charge is -2.14. The summed E-state index contributed by atoms with van der Waals surface area (Å²) in [6.07, 6.45) is 0.946. The summed E-state index contributed by atoms with van der Waals surface area (Å²) < 4.78 is 7.20. The van der Waals surface area contributed by atoms with Crippen molar-refractivity contribution in [2.24, 2.45) is 0 Å². The number of nitrogens with zero attached hydrogens (tertiary/aromatic N) is 2. The van der Waals surface area contributed by atoms with Gasteiger partial charge in [0.05, 0.1) is 6.61 Å². The van der Waals surface area contributed by atoms with Crippen molar-refractivity contribution in [2.45, 2.75) is 19.9 Å². The van der Waals surface area contributed by atoms with Crippen molar-refractivity contribution >= 4 is 5.91 Å². The van der Waals surface area contributed by atoms with E-state index in [2.05, 4.69) is 10.4 Å². The minimum Gasteiger partial charge on any atom is -0.478 e. The molecule has 1 aliphatic heterocycles. The highest BCUT2D eigenvalue weighted by atomic mass is 16.5. The first-order valence-electron chi connectivity index (χ1n) is 4.66. The molecule has 1 N–H and O–H groups in total. The van der Waals surface area contributed by atoms with Gasteiger partial charge in [-0.1, -0.05) is 0 Å². The summed E-state index contributed by atoms with van der Waals surface area (Å²) in [6, 6.07) is 0. The molecule has 0 fully saturated rings. The number of aromatic nitrogens is 2. The average molecular weight is 195 g/mol. The summed E-state index contributed by atoms with van der Waals surface area (Å²) in [5, 5.41) is 6.76. The predicted molar refractivity (Wildman–Crippen MR) is 50.5 cm³/mol. The molecule has 1 aliphatic rings.